The van der Waals surface area contributed by atoms with Gasteiger partial charge in [-0.3, -0.25) is 4.79 Å². The fourth-order valence-corrected chi connectivity index (χ4v) is 1.35. The van der Waals surface area contributed by atoms with E-state index in [1.165, 1.54) is 24.4 Å². The van der Waals surface area contributed by atoms with E-state index in [0.717, 1.165) is 0 Å². The molecule has 0 saturated heterocycles. The molecule has 0 saturated carbocycles. The van der Waals surface area contributed by atoms with Crippen molar-refractivity contribution in [2.24, 2.45) is 0 Å². The maximum absolute atomic E-state index is 12.1. The predicted octanol–water partition coefficient (Wildman–Crippen LogP) is 2.00. The molecule has 1 aromatic carbocycles. The topological polar surface area (TPSA) is 79.9 Å². The van der Waals surface area contributed by atoms with Crippen molar-refractivity contribution in [3.05, 3.63) is 36.2 Å². The molecule has 20 heavy (non-hydrogen) atoms. The Kier molecular flexibility index (Phi) is 3.87. The summed E-state index contributed by atoms with van der Waals surface area (Å²) in [5.74, 6) is -0.691. The number of benzene rings is 1. The minimum Gasteiger partial charge on any atom is -0.482 e. The van der Waals surface area contributed by atoms with Gasteiger partial charge in [-0.2, -0.15) is 28.6 Å². The van der Waals surface area contributed by atoms with Crippen molar-refractivity contribution >= 4 is 11.6 Å². The number of aromatic nitrogens is 3. The highest BCUT2D eigenvalue weighted by Crippen LogP contribution is 2.26. The highest BCUT2D eigenvalue weighted by atomic mass is 19.4. The van der Waals surface area contributed by atoms with Gasteiger partial charge in [0.2, 0.25) is 0 Å². The Labute approximate surface area is 110 Å². The number of nitrogens with zero attached hydrogens (tertiary/aromatic N) is 2. The zero-order valence-corrected chi connectivity index (χ0v) is 9.94. The average molecular weight is 286 g/mol. The van der Waals surface area contributed by atoms with Crippen LogP contribution in [0, 0.1) is 0 Å². The maximum atomic E-state index is 12.1. The third kappa shape index (κ3) is 3.70. The minimum atomic E-state index is -4.46. The van der Waals surface area contributed by atoms with E-state index in [1.54, 1.807) is 6.07 Å². The summed E-state index contributed by atoms with van der Waals surface area (Å²) < 4.78 is 41.0. The third-order valence-corrected chi connectivity index (χ3v) is 2.17. The Bertz CT molecular complexity index is 584. The Morgan fingerprint density at radius 1 is 1.35 bits per heavy atom. The number of amides is 1. The lowest BCUT2D eigenvalue weighted by Gasteiger charge is -2.13. The number of halogens is 3. The number of carbonyl (C=O) groups excluding carboxylic acids is 1. The van der Waals surface area contributed by atoms with Crippen LogP contribution in [0.1, 0.15) is 10.5 Å². The first-order valence-electron chi connectivity index (χ1n) is 5.41. The second-order valence-electron chi connectivity index (χ2n) is 3.71. The number of alkyl halides is 3. The lowest BCUT2D eigenvalue weighted by molar-refractivity contribution is -0.153. The van der Waals surface area contributed by atoms with Crippen LogP contribution in [0.5, 0.6) is 5.75 Å². The van der Waals surface area contributed by atoms with Crippen molar-refractivity contribution < 1.29 is 22.7 Å². The number of ether oxygens (including phenoxy) is 1. The van der Waals surface area contributed by atoms with Gasteiger partial charge >= 0.3 is 6.18 Å². The molecular weight excluding hydrogens is 277 g/mol. The van der Waals surface area contributed by atoms with Crippen LogP contribution in [0.2, 0.25) is 0 Å². The van der Waals surface area contributed by atoms with Gasteiger partial charge in [-0.15, -0.1) is 0 Å². The molecule has 0 unspecified atom stereocenters. The normalized spacial score (nSPS) is 11.2. The van der Waals surface area contributed by atoms with Crippen LogP contribution in [-0.4, -0.2) is 34.1 Å². The molecule has 0 aliphatic rings. The Balaban J connectivity index is 2.10. The van der Waals surface area contributed by atoms with E-state index in [2.05, 4.69) is 25.5 Å². The van der Waals surface area contributed by atoms with Crippen molar-refractivity contribution in [1.29, 1.82) is 0 Å². The van der Waals surface area contributed by atoms with Gasteiger partial charge in [0.05, 0.1) is 11.9 Å². The molecule has 0 aliphatic heterocycles. The zero-order valence-electron chi connectivity index (χ0n) is 9.94. The summed E-state index contributed by atoms with van der Waals surface area (Å²) in [6.07, 6.45) is -3.27. The van der Waals surface area contributed by atoms with Crippen LogP contribution >= 0.6 is 0 Å². The van der Waals surface area contributed by atoms with Gasteiger partial charge in [0.15, 0.2) is 12.3 Å². The predicted molar refractivity (Wildman–Crippen MR) is 62.3 cm³/mol. The number of para-hydroxylation sites is 2. The average Bonchev–Trinajstić information content (AvgIpc) is 2.90. The van der Waals surface area contributed by atoms with E-state index < -0.39 is 18.7 Å². The molecule has 106 valence electrons. The molecule has 9 heteroatoms. The van der Waals surface area contributed by atoms with E-state index in [-0.39, 0.29) is 17.1 Å². The van der Waals surface area contributed by atoms with Crippen LogP contribution in [0.25, 0.3) is 0 Å². The van der Waals surface area contributed by atoms with Crippen LogP contribution in [0.15, 0.2) is 30.5 Å². The molecule has 0 bridgehead atoms. The van der Waals surface area contributed by atoms with Gasteiger partial charge in [-0.05, 0) is 12.1 Å². The maximum Gasteiger partial charge on any atom is 0.422 e. The van der Waals surface area contributed by atoms with Crippen molar-refractivity contribution in [3.63, 3.8) is 0 Å². The number of nitrogens with one attached hydrogen (secondary N) is 2. The van der Waals surface area contributed by atoms with Gasteiger partial charge in [0, 0.05) is 0 Å². The fourth-order valence-electron chi connectivity index (χ4n) is 1.35. The second kappa shape index (κ2) is 5.59. The van der Waals surface area contributed by atoms with Gasteiger partial charge in [-0.25, -0.2) is 0 Å². The van der Waals surface area contributed by atoms with E-state index in [0.29, 0.717) is 0 Å². The molecule has 1 heterocycles. The molecule has 2 N–H and O–H groups in total. The van der Waals surface area contributed by atoms with E-state index in [1.807, 2.05) is 0 Å². The summed E-state index contributed by atoms with van der Waals surface area (Å²) in [5, 5.41) is 11.7. The quantitative estimate of drug-likeness (QED) is 0.900. The molecular formula is C11H9F3N4O2. The lowest BCUT2D eigenvalue weighted by atomic mass is 10.3. The summed E-state index contributed by atoms with van der Waals surface area (Å²) in [6, 6.07) is 5.80. The SMILES string of the molecule is O=C(Nc1ccccc1OCC(F)(F)F)c1cn[nH]n1. The largest absolute Gasteiger partial charge is 0.482 e. The summed E-state index contributed by atoms with van der Waals surface area (Å²) in [7, 11) is 0. The van der Waals surface area contributed by atoms with Crippen LogP contribution in [0.4, 0.5) is 18.9 Å². The van der Waals surface area contributed by atoms with Crippen LogP contribution in [0.3, 0.4) is 0 Å². The molecule has 1 aromatic heterocycles. The molecule has 2 rings (SSSR count). The first-order valence-corrected chi connectivity index (χ1v) is 5.41. The lowest BCUT2D eigenvalue weighted by Crippen LogP contribution is -2.20. The highest BCUT2D eigenvalue weighted by molar-refractivity contribution is 6.03. The van der Waals surface area contributed by atoms with Crippen molar-refractivity contribution in [2.75, 3.05) is 11.9 Å². The molecule has 0 spiro atoms. The standard InChI is InChI=1S/C11H9F3N4O2/c12-11(13,14)6-20-9-4-2-1-3-7(9)16-10(19)8-5-15-18-17-8/h1-5H,6H2,(H,16,19)(H,15,17,18). The number of anilines is 1. The number of hydrogen-bond acceptors (Lipinski definition) is 4. The van der Waals surface area contributed by atoms with Gasteiger partial charge in [0.25, 0.3) is 5.91 Å². The molecule has 0 aliphatic carbocycles. The number of H-pyrrole nitrogens is 1. The smallest absolute Gasteiger partial charge is 0.422 e. The fraction of sp³-hybridized carbons (Fsp3) is 0.182. The monoisotopic (exact) mass is 286 g/mol. The third-order valence-electron chi connectivity index (χ3n) is 2.17. The van der Waals surface area contributed by atoms with Crippen molar-refractivity contribution in [2.45, 2.75) is 6.18 Å². The van der Waals surface area contributed by atoms with Gasteiger partial charge < -0.3 is 10.1 Å². The van der Waals surface area contributed by atoms with Crippen molar-refractivity contribution in [3.8, 4) is 5.75 Å². The first kappa shape index (κ1) is 13.8. The summed E-state index contributed by atoms with van der Waals surface area (Å²) in [5.41, 5.74) is 0.125. The molecule has 0 fully saturated rings. The minimum absolute atomic E-state index is 0.00984. The van der Waals surface area contributed by atoms with E-state index >= 15 is 0 Å². The van der Waals surface area contributed by atoms with Gasteiger partial charge in [0.1, 0.15) is 5.75 Å². The first-order chi connectivity index (χ1) is 9.46. The number of aromatic amines is 1. The highest BCUT2D eigenvalue weighted by Gasteiger charge is 2.28. The van der Waals surface area contributed by atoms with Crippen molar-refractivity contribution in [1.82, 2.24) is 15.4 Å². The number of rotatable bonds is 4. The van der Waals surface area contributed by atoms with E-state index in [4.69, 9.17) is 0 Å². The number of hydrogen-bond donors (Lipinski definition) is 2. The molecule has 0 atom stereocenters. The van der Waals surface area contributed by atoms with E-state index in [9.17, 15) is 18.0 Å². The van der Waals surface area contributed by atoms with Crippen LogP contribution in [-0.2, 0) is 0 Å². The Morgan fingerprint density at radius 2 is 2.10 bits per heavy atom. The Hall–Kier alpha value is -2.58. The summed E-state index contributed by atoms with van der Waals surface area (Å²) in [4.78, 5) is 11.7. The Morgan fingerprint density at radius 3 is 2.75 bits per heavy atom. The zero-order chi connectivity index (χ0) is 14.6. The summed E-state index contributed by atoms with van der Waals surface area (Å²) >= 11 is 0. The summed E-state index contributed by atoms with van der Waals surface area (Å²) in [6.45, 7) is -1.44. The molecule has 2 aromatic rings. The van der Waals surface area contributed by atoms with Crippen LogP contribution < -0.4 is 10.1 Å². The molecule has 1 amide bonds. The van der Waals surface area contributed by atoms with Gasteiger partial charge in [-0.1, -0.05) is 12.1 Å². The molecule has 6 nitrogen and oxygen atoms in total. The number of carbonyl (C=O) groups is 1. The molecule has 0 radical (unpaired) electrons. The second-order valence-corrected chi connectivity index (χ2v) is 3.71.